The lowest BCUT2D eigenvalue weighted by Crippen LogP contribution is -2.52. The first kappa shape index (κ1) is 17.6. The molecule has 0 N–H and O–H groups in total. The summed E-state index contributed by atoms with van der Waals surface area (Å²) in [6.07, 6.45) is 0.797. The minimum absolute atomic E-state index is 0.307. The molecule has 0 saturated heterocycles. The molecular weight excluding hydrogens is 252 g/mol. The van der Waals surface area contributed by atoms with E-state index in [2.05, 4.69) is 0 Å². The van der Waals surface area contributed by atoms with Crippen LogP contribution in [0, 0.1) is 0 Å². The molecule has 0 saturated carbocycles. The fourth-order valence-corrected chi connectivity index (χ4v) is 4.15. The SMILES string of the molecule is CCCOC(=O)C(C)[Si](OCC)(OCC)OCC. The van der Waals surface area contributed by atoms with E-state index in [1.54, 1.807) is 6.92 Å². The topological polar surface area (TPSA) is 54.0 Å². The third kappa shape index (κ3) is 5.05. The van der Waals surface area contributed by atoms with Crippen molar-refractivity contribution < 1.29 is 22.8 Å². The zero-order valence-electron chi connectivity index (χ0n) is 12.2. The van der Waals surface area contributed by atoms with Gasteiger partial charge >= 0.3 is 14.8 Å². The highest BCUT2D eigenvalue weighted by molar-refractivity contribution is 6.66. The maximum absolute atomic E-state index is 11.9. The number of ether oxygens (including phenoxy) is 1. The van der Waals surface area contributed by atoms with Crippen molar-refractivity contribution in [3.8, 4) is 0 Å². The van der Waals surface area contributed by atoms with Crippen LogP contribution in [0.5, 0.6) is 0 Å². The van der Waals surface area contributed by atoms with Crippen LogP contribution in [-0.4, -0.2) is 41.2 Å². The molecule has 0 aromatic rings. The summed E-state index contributed by atoms with van der Waals surface area (Å²) in [7, 11) is -2.99. The van der Waals surface area contributed by atoms with Crippen molar-refractivity contribution in [2.75, 3.05) is 26.4 Å². The van der Waals surface area contributed by atoms with E-state index in [1.807, 2.05) is 27.7 Å². The molecule has 6 heteroatoms. The lowest BCUT2D eigenvalue weighted by atomic mass is 10.5. The molecule has 0 rings (SSSR count). The van der Waals surface area contributed by atoms with Gasteiger partial charge in [0, 0.05) is 19.8 Å². The standard InChI is InChI=1S/C12H26O5Si/c1-6-10-14-12(13)11(5)18(15-7-2,16-8-3)17-9-4/h11H,6-10H2,1-5H3. The largest absolute Gasteiger partial charge is 0.515 e. The number of esters is 1. The second kappa shape index (κ2) is 9.49. The predicted octanol–water partition coefficient (Wildman–Crippen LogP) is 2.38. The van der Waals surface area contributed by atoms with E-state index in [4.69, 9.17) is 18.0 Å². The fraction of sp³-hybridized carbons (Fsp3) is 0.917. The van der Waals surface area contributed by atoms with Gasteiger partial charge in [0.05, 0.1) is 6.61 Å². The summed E-state index contributed by atoms with van der Waals surface area (Å²) < 4.78 is 22.2. The van der Waals surface area contributed by atoms with Gasteiger partial charge in [0.15, 0.2) is 0 Å². The smallest absolute Gasteiger partial charge is 0.466 e. The molecule has 0 fully saturated rings. The highest BCUT2D eigenvalue weighted by Crippen LogP contribution is 2.27. The normalized spacial score (nSPS) is 13.4. The van der Waals surface area contributed by atoms with Gasteiger partial charge in [-0.2, -0.15) is 0 Å². The number of hydrogen-bond donors (Lipinski definition) is 0. The van der Waals surface area contributed by atoms with Crippen LogP contribution >= 0.6 is 0 Å². The van der Waals surface area contributed by atoms with E-state index < -0.39 is 14.3 Å². The zero-order valence-corrected chi connectivity index (χ0v) is 13.2. The molecule has 1 unspecified atom stereocenters. The van der Waals surface area contributed by atoms with E-state index in [9.17, 15) is 4.79 Å². The highest BCUT2D eigenvalue weighted by atomic mass is 28.4. The van der Waals surface area contributed by atoms with Crippen LogP contribution in [0.4, 0.5) is 0 Å². The van der Waals surface area contributed by atoms with Crippen LogP contribution in [0.3, 0.4) is 0 Å². The summed E-state index contributed by atoms with van der Waals surface area (Å²) in [5.74, 6) is -0.307. The first-order valence-electron chi connectivity index (χ1n) is 6.66. The van der Waals surface area contributed by atoms with E-state index in [0.29, 0.717) is 26.4 Å². The molecule has 0 spiro atoms. The second-order valence-electron chi connectivity index (χ2n) is 3.79. The molecule has 0 aliphatic carbocycles. The summed E-state index contributed by atoms with van der Waals surface area (Å²) in [6, 6.07) is 0. The van der Waals surface area contributed by atoms with Gasteiger partial charge in [-0.05, 0) is 34.1 Å². The first-order chi connectivity index (χ1) is 8.57. The molecule has 0 amide bonds. The van der Waals surface area contributed by atoms with Crippen molar-refractivity contribution in [1.82, 2.24) is 0 Å². The molecule has 18 heavy (non-hydrogen) atoms. The van der Waals surface area contributed by atoms with Gasteiger partial charge in [0.2, 0.25) is 0 Å². The second-order valence-corrected chi connectivity index (χ2v) is 6.73. The zero-order chi connectivity index (χ0) is 14.0. The molecule has 0 bridgehead atoms. The Hall–Kier alpha value is -0.433. The van der Waals surface area contributed by atoms with Crippen LogP contribution in [0.1, 0.15) is 41.0 Å². The maximum Gasteiger partial charge on any atom is 0.515 e. The van der Waals surface area contributed by atoms with Crippen molar-refractivity contribution >= 4 is 14.8 Å². The molecule has 108 valence electrons. The average molecular weight is 278 g/mol. The van der Waals surface area contributed by atoms with Crippen LogP contribution in [0.15, 0.2) is 0 Å². The Kier molecular flexibility index (Phi) is 9.26. The molecule has 0 aliphatic rings. The van der Waals surface area contributed by atoms with Crippen LogP contribution < -0.4 is 0 Å². The highest BCUT2D eigenvalue weighted by Gasteiger charge is 2.51. The summed E-state index contributed by atoms with van der Waals surface area (Å²) in [5.41, 5.74) is -0.496. The molecule has 0 aromatic carbocycles. The van der Waals surface area contributed by atoms with Crippen molar-refractivity contribution in [3.63, 3.8) is 0 Å². The summed E-state index contributed by atoms with van der Waals surface area (Å²) in [5, 5.41) is 0. The van der Waals surface area contributed by atoms with E-state index in [-0.39, 0.29) is 5.97 Å². The van der Waals surface area contributed by atoms with Gasteiger partial charge in [0.25, 0.3) is 0 Å². The third-order valence-corrected chi connectivity index (χ3v) is 5.74. The van der Waals surface area contributed by atoms with Gasteiger partial charge in [-0.15, -0.1) is 0 Å². The van der Waals surface area contributed by atoms with Crippen molar-refractivity contribution in [2.45, 2.75) is 46.6 Å². The summed E-state index contributed by atoms with van der Waals surface area (Å²) in [6.45, 7) is 11.1. The third-order valence-electron chi connectivity index (χ3n) is 2.37. The Morgan fingerprint density at radius 1 is 1.00 bits per heavy atom. The van der Waals surface area contributed by atoms with E-state index >= 15 is 0 Å². The van der Waals surface area contributed by atoms with Gasteiger partial charge < -0.3 is 18.0 Å². The minimum Gasteiger partial charge on any atom is -0.466 e. The number of carbonyl (C=O) groups is 1. The van der Waals surface area contributed by atoms with Crippen LogP contribution in [0.25, 0.3) is 0 Å². The van der Waals surface area contributed by atoms with E-state index in [1.165, 1.54) is 0 Å². The molecule has 1 atom stereocenters. The van der Waals surface area contributed by atoms with Gasteiger partial charge in [0.1, 0.15) is 5.54 Å². The van der Waals surface area contributed by atoms with Crippen molar-refractivity contribution in [2.24, 2.45) is 0 Å². The Morgan fingerprint density at radius 3 is 1.78 bits per heavy atom. The fourth-order valence-electron chi connectivity index (χ4n) is 1.58. The first-order valence-corrected chi connectivity index (χ1v) is 8.46. The molecular formula is C12H26O5Si. The maximum atomic E-state index is 11.9. The number of hydrogen-bond acceptors (Lipinski definition) is 5. The van der Waals surface area contributed by atoms with Crippen LogP contribution in [0.2, 0.25) is 5.54 Å². The Balaban J connectivity index is 4.83. The van der Waals surface area contributed by atoms with Crippen molar-refractivity contribution in [1.29, 1.82) is 0 Å². The van der Waals surface area contributed by atoms with Crippen molar-refractivity contribution in [3.05, 3.63) is 0 Å². The monoisotopic (exact) mass is 278 g/mol. The Morgan fingerprint density at radius 2 is 1.44 bits per heavy atom. The van der Waals surface area contributed by atoms with Gasteiger partial charge in [-0.3, -0.25) is 4.79 Å². The predicted molar refractivity (Wildman–Crippen MR) is 71.3 cm³/mol. The molecule has 0 aliphatic heterocycles. The molecule has 0 radical (unpaired) electrons. The van der Waals surface area contributed by atoms with Gasteiger partial charge in [-0.1, -0.05) is 6.92 Å². The lowest BCUT2D eigenvalue weighted by molar-refractivity contribution is -0.145. The lowest BCUT2D eigenvalue weighted by Gasteiger charge is -2.32. The number of carbonyl (C=O) groups excluding carboxylic acids is 1. The quantitative estimate of drug-likeness (QED) is 0.453. The number of rotatable bonds is 10. The molecule has 5 nitrogen and oxygen atoms in total. The summed E-state index contributed by atoms with van der Waals surface area (Å²) >= 11 is 0. The van der Waals surface area contributed by atoms with Crippen LogP contribution in [-0.2, 0) is 22.8 Å². The average Bonchev–Trinajstić information content (AvgIpc) is 2.35. The molecule has 0 aromatic heterocycles. The van der Waals surface area contributed by atoms with E-state index in [0.717, 1.165) is 6.42 Å². The molecule has 0 heterocycles. The Labute approximate surface area is 111 Å². The Bertz CT molecular complexity index is 217. The van der Waals surface area contributed by atoms with Gasteiger partial charge in [-0.25, -0.2) is 0 Å². The summed E-state index contributed by atoms with van der Waals surface area (Å²) in [4.78, 5) is 11.9. The minimum atomic E-state index is -2.99.